The lowest BCUT2D eigenvalue weighted by Gasteiger charge is -2.11. The summed E-state index contributed by atoms with van der Waals surface area (Å²) in [4.78, 5) is 0. The molecule has 138 valence electrons. The van der Waals surface area contributed by atoms with Gasteiger partial charge in [0.1, 0.15) is 19.0 Å². The van der Waals surface area contributed by atoms with Gasteiger partial charge in [0.05, 0.1) is 23.3 Å². The maximum Gasteiger partial charge on any atom is 0.166 e. The van der Waals surface area contributed by atoms with E-state index in [0.717, 1.165) is 22.8 Å². The van der Waals surface area contributed by atoms with Gasteiger partial charge in [-0.05, 0) is 66.6 Å². The highest BCUT2D eigenvalue weighted by molar-refractivity contribution is 5.37. The smallest absolute Gasteiger partial charge is 0.166 e. The first-order valence-corrected chi connectivity index (χ1v) is 8.62. The van der Waals surface area contributed by atoms with Crippen LogP contribution in [0.2, 0.25) is 0 Å². The molecular weight excluding hydrogens is 355 g/mol. The molecule has 0 aliphatic carbocycles. The molecule has 3 rings (SSSR count). The number of nitrogens with zero attached hydrogens (tertiary/aromatic N) is 2. The summed E-state index contributed by atoms with van der Waals surface area (Å²) < 4.78 is 25.3. The van der Waals surface area contributed by atoms with Gasteiger partial charge in [-0.2, -0.15) is 10.5 Å². The fourth-order valence-electron chi connectivity index (χ4n) is 2.76. The molecule has 4 nitrogen and oxygen atoms in total. The van der Waals surface area contributed by atoms with E-state index in [4.69, 9.17) is 20.0 Å². The summed E-state index contributed by atoms with van der Waals surface area (Å²) in [6, 6.07) is 20.9. The average Bonchev–Trinajstić information content (AvgIpc) is 2.71. The number of hydrogen-bond donors (Lipinski definition) is 0. The fraction of sp³-hybridized carbons (Fsp3) is 0.130. The van der Waals surface area contributed by atoms with Gasteiger partial charge in [-0.25, -0.2) is 4.39 Å². The van der Waals surface area contributed by atoms with Crippen molar-refractivity contribution in [3.05, 3.63) is 94.3 Å². The van der Waals surface area contributed by atoms with Crippen molar-refractivity contribution in [1.82, 2.24) is 0 Å². The second-order valence-corrected chi connectivity index (χ2v) is 6.30. The lowest BCUT2D eigenvalue weighted by molar-refractivity contribution is 0.288. The number of halogens is 1. The SMILES string of the molecule is Cc1cc(COc2ccc(C#N)cc2)cc(COc2ccc(C#N)cc2F)c1. The Kier molecular flexibility index (Phi) is 5.89. The van der Waals surface area contributed by atoms with E-state index in [0.29, 0.717) is 17.9 Å². The molecule has 0 spiro atoms. The van der Waals surface area contributed by atoms with Crippen molar-refractivity contribution in [3.8, 4) is 23.6 Å². The number of hydrogen-bond acceptors (Lipinski definition) is 4. The Bertz CT molecular complexity index is 1060. The number of aryl methyl sites for hydroxylation is 1. The van der Waals surface area contributed by atoms with Crippen LogP contribution in [0.15, 0.2) is 60.7 Å². The monoisotopic (exact) mass is 372 g/mol. The van der Waals surface area contributed by atoms with E-state index in [-0.39, 0.29) is 17.9 Å². The number of ether oxygens (including phenoxy) is 2. The lowest BCUT2D eigenvalue weighted by atomic mass is 10.1. The predicted octanol–water partition coefficient (Wildman–Crippen LogP) is 5.04. The topological polar surface area (TPSA) is 66.0 Å². The molecule has 0 fully saturated rings. The molecule has 28 heavy (non-hydrogen) atoms. The van der Waals surface area contributed by atoms with Crippen molar-refractivity contribution in [1.29, 1.82) is 10.5 Å². The Morgan fingerprint density at radius 3 is 2.00 bits per heavy atom. The highest BCUT2D eigenvalue weighted by atomic mass is 19.1. The zero-order valence-corrected chi connectivity index (χ0v) is 15.3. The van der Waals surface area contributed by atoms with Gasteiger partial charge >= 0.3 is 0 Å². The summed E-state index contributed by atoms with van der Waals surface area (Å²) in [5.74, 6) is 0.227. The lowest BCUT2D eigenvalue weighted by Crippen LogP contribution is -2.01. The van der Waals surface area contributed by atoms with Crippen molar-refractivity contribution in [2.75, 3.05) is 0 Å². The first-order valence-electron chi connectivity index (χ1n) is 8.62. The van der Waals surface area contributed by atoms with Gasteiger partial charge < -0.3 is 9.47 Å². The highest BCUT2D eigenvalue weighted by Crippen LogP contribution is 2.21. The molecule has 0 bridgehead atoms. The molecule has 0 saturated carbocycles. The van der Waals surface area contributed by atoms with Gasteiger partial charge in [0.15, 0.2) is 11.6 Å². The highest BCUT2D eigenvalue weighted by Gasteiger charge is 2.07. The van der Waals surface area contributed by atoms with Crippen LogP contribution in [0.1, 0.15) is 27.8 Å². The summed E-state index contributed by atoms with van der Waals surface area (Å²) in [6.07, 6.45) is 0. The molecule has 3 aromatic rings. The Morgan fingerprint density at radius 1 is 0.786 bits per heavy atom. The summed E-state index contributed by atoms with van der Waals surface area (Å²) in [6.45, 7) is 2.54. The molecule has 0 aliphatic rings. The van der Waals surface area contributed by atoms with E-state index in [1.807, 2.05) is 31.2 Å². The van der Waals surface area contributed by atoms with E-state index in [9.17, 15) is 4.39 Å². The van der Waals surface area contributed by atoms with Gasteiger partial charge in [0, 0.05) is 0 Å². The zero-order chi connectivity index (χ0) is 19.9. The van der Waals surface area contributed by atoms with Crippen molar-refractivity contribution in [2.24, 2.45) is 0 Å². The van der Waals surface area contributed by atoms with Crippen LogP contribution in [0, 0.1) is 35.4 Å². The molecule has 0 aliphatic heterocycles. The molecule has 0 aromatic heterocycles. The average molecular weight is 372 g/mol. The third kappa shape index (κ3) is 4.87. The number of benzene rings is 3. The number of nitriles is 2. The van der Waals surface area contributed by atoms with E-state index in [1.54, 1.807) is 24.3 Å². The largest absolute Gasteiger partial charge is 0.489 e. The van der Waals surface area contributed by atoms with Gasteiger partial charge in [-0.3, -0.25) is 0 Å². The summed E-state index contributed by atoms with van der Waals surface area (Å²) in [5, 5.41) is 17.6. The van der Waals surface area contributed by atoms with E-state index in [1.165, 1.54) is 12.1 Å². The Hall–Kier alpha value is -3.83. The van der Waals surface area contributed by atoms with Crippen LogP contribution in [-0.4, -0.2) is 0 Å². The first-order chi connectivity index (χ1) is 13.6. The minimum absolute atomic E-state index is 0.107. The van der Waals surface area contributed by atoms with Crippen molar-refractivity contribution in [2.45, 2.75) is 20.1 Å². The molecule has 0 N–H and O–H groups in total. The van der Waals surface area contributed by atoms with E-state index in [2.05, 4.69) is 6.07 Å². The second kappa shape index (κ2) is 8.70. The van der Waals surface area contributed by atoms with Crippen molar-refractivity contribution in [3.63, 3.8) is 0 Å². The van der Waals surface area contributed by atoms with Gasteiger partial charge in [-0.15, -0.1) is 0 Å². The van der Waals surface area contributed by atoms with Gasteiger partial charge in [0.2, 0.25) is 0 Å². The van der Waals surface area contributed by atoms with Crippen LogP contribution in [0.4, 0.5) is 4.39 Å². The van der Waals surface area contributed by atoms with Crippen LogP contribution >= 0.6 is 0 Å². The van der Waals surface area contributed by atoms with Crippen molar-refractivity contribution < 1.29 is 13.9 Å². The standard InChI is InChI=1S/C23H17FN2O2/c1-16-8-19(14-27-21-5-2-17(12-25)3-6-21)10-20(9-16)15-28-23-7-4-18(13-26)11-22(23)24/h2-11H,14-15H2,1H3. The third-order valence-electron chi connectivity index (χ3n) is 4.04. The van der Waals surface area contributed by atoms with Crippen LogP contribution in [-0.2, 0) is 13.2 Å². The van der Waals surface area contributed by atoms with E-state index < -0.39 is 5.82 Å². The summed E-state index contributed by atoms with van der Waals surface area (Å²) >= 11 is 0. The molecular formula is C23H17FN2O2. The Balaban J connectivity index is 1.65. The van der Waals surface area contributed by atoms with Crippen LogP contribution in [0.5, 0.6) is 11.5 Å². The Labute approximate surface area is 163 Å². The normalized spacial score (nSPS) is 10.0. The molecule has 3 aromatic carbocycles. The maximum absolute atomic E-state index is 13.9. The van der Waals surface area contributed by atoms with Crippen LogP contribution < -0.4 is 9.47 Å². The second-order valence-electron chi connectivity index (χ2n) is 6.30. The predicted molar refractivity (Wildman–Crippen MR) is 102 cm³/mol. The molecule has 5 heteroatoms. The van der Waals surface area contributed by atoms with Gasteiger partial charge in [0.25, 0.3) is 0 Å². The molecule has 0 unspecified atom stereocenters. The summed E-state index contributed by atoms with van der Waals surface area (Å²) in [7, 11) is 0. The van der Waals surface area contributed by atoms with Crippen LogP contribution in [0.25, 0.3) is 0 Å². The van der Waals surface area contributed by atoms with Gasteiger partial charge in [-0.1, -0.05) is 17.7 Å². The quantitative estimate of drug-likeness (QED) is 0.608. The number of rotatable bonds is 6. The first kappa shape index (κ1) is 18.9. The summed E-state index contributed by atoms with van der Waals surface area (Å²) in [5.41, 5.74) is 3.73. The molecule has 0 saturated heterocycles. The zero-order valence-electron chi connectivity index (χ0n) is 15.3. The minimum Gasteiger partial charge on any atom is -0.489 e. The molecule has 0 heterocycles. The van der Waals surface area contributed by atoms with E-state index >= 15 is 0 Å². The molecule has 0 atom stereocenters. The van der Waals surface area contributed by atoms with Crippen LogP contribution in [0.3, 0.4) is 0 Å². The fourth-order valence-corrected chi connectivity index (χ4v) is 2.76. The Morgan fingerprint density at radius 2 is 1.39 bits per heavy atom. The maximum atomic E-state index is 13.9. The minimum atomic E-state index is -0.559. The van der Waals surface area contributed by atoms with Crippen molar-refractivity contribution >= 4 is 0 Å². The molecule has 0 radical (unpaired) electrons. The third-order valence-corrected chi connectivity index (χ3v) is 4.04. The molecule has 0 amide bonds.